The third-order valence-electron chi connectivity index (χ3n) is 5.40. The lowest BCUT2D eigenvalue weighted by molar-refractivity contribution is -0.0149. The van der Waals surface area contributed by atoms with Crippen LogP contribution in [0, 0.1) is 13.8 Å². The molecule has 1 aliphatic rings. The first-order valence-corrected chi connectivity index (χ1v) is 9.63. The van der Waals surface area contributed by atoms with Gasteiger partial charge in [0.05, 0.1) is 23.0 Å². The maximum Gasteiger partial charge on any atom is 0.257 e. The summed E-state index contributed by atoms with van der Waals surface area (Å²) in [7, 11) is 0. The SMILES string of the molecule is Cc1cocc1C(=O)N1CCC(O)(CNC(=O)c2cc(C(C)C)oc2C)CC1. The van der Waals surface area contributed by atoms with E-state index in [1.807, 2.05) is 20.8 Å². The fourth-order valence-electron chi connectivity index (χ4n) is 3.41. The van der Waals surface area contributed by atoms with Crippen LogP contribution in [0.1, 0.15) is 70.4 Å². The van der Waals surface area contributed by atoms with Gasteiger partial charge >= 0.3 is 0 Å². The topological polar surface area (TPSA) is 95.9 Å². The van der Waals surface area contributed by atoms with Crippen molar-refractivity contribution in [2.45, 2.75) is 52.1 Å². The Kier molecular flexibility index (Phi) is 5.65. The lowest BCUT2D eigenvalue weighted by Crippen LogP contribution is -2.52. The molecular weight excluding hydrogens is 360 g/mol. The highest BCUT2D eigenvalue weighted by Crippen LogP contribution is 2.25. The van der Waals surface area contributed by atoms with E-state index in [2.05, 4.69) is 5.32 Å². The molecule has 3 heterocycles. The molecule has 0 bridgehead atoms. The summed E-state index contributed by atoms with van der Waals surface area (Å²) in [5.41, 5.74) is 0.816. The first-order valence-electron chi connectivity index (χ1n) is 9.63. The average Bonchev–Trinajstić information content (AvgIpc) is 3.26. The molecule has 1 aliphatic heterocycles. The van der Waals surface area contributed by atoms with Gasteiger partial charge in [-0.05, 0) is 38.3 Å². The predicted octanol–water partition coefficient (Wildman–Crippen LogP) is 3.01. The van der Waals surface area contributed by atoms with Gasteiger partial charge in [-0.15, -0.1) is 0 Å². The van der Waals surface area contributed by atoms with E-state index in [1.54, 1.807) is 24.2 Å². The zero-order valence-corrected chi connectivity index (χ0v) is 16.9. The number of rotatable bonds is 5. The number of furan rings is 2. The Morgan fingerprint density at radius 3 is 2.43 bits per heavy atom. The van der Waals surface area contributed by atoms with E-state index in [9.17, 15) is 14.7 Å². The Labute approximate surface area is 164 Å². The molecule has 0 unspecified atom stereocenters. The van der Waals surface area contributed by atoms with Gasteiger partial charge < -0.3 is 24.2 Å². The van der Waals surface area contributed by atoms with Crippen molar-refractivity contribution in [3.63, 3.8) is 0 Å². The number of nitrogens with one attached hydrogen (secondary N) is 1. The highest BCUT2D eigenvalue weighted by molar-refractivity contribution is 5.96. The largest absolute Gasteiger partial charge is 0.471 e. The Morgan fingerprint density at radius 1 is 1.21 bits per heavy atom. The van der Waals surface area contributed by atoms with E-state index in [0.717, 1.165) is 11.3 Å². The van der Waals surface area contributed by atoms with Gasteiger partial charge in [-0.2, -0.15) is 0 Å². The number of amides is 2. The van der Waals surface area contributed by atoms with Gasteiger partial charge in [0.15, 0.2) is 0 Å². The van der Waals surface area contributed by atoms with Crippen molar-refractivity contribution in [1.82, 2.24) is 10.2 Å². The molecule has 7 nitrogen and oxygen atoms in total. The van der Waals surface area contributed by atoms with Crippen LogP contribution in [0.2, 0.25) is 0 Å². The van der Waals surface area contributed by atoms with Gasteiger partial charge in [-0.1, -0.05) is 13.8 Å². The summed E-state index contributed by atoms with van der Waals surface area (Å²) in [6.45, 7) is 8.59. The molecule has 2 N–H and O–H groups in total. The molecule has 3 rings (SSSR count). The second kappa shape index (κ2) is 7.83. The summed E-state index contributed by atoms with van der Waals surface area (Å²) in [5, 5.41) is 13.6. The maximum absolute atomic E-state index is 12.5. The molecular formula is C21H28N2O5. The average molecular weight is 388 g/mol. The number of aliphatic hydroxyl groups is 1. The van der Waals surface area contributed by atoms with Gasteiger partial charge in [-0.3, -0.25) is 9.59 Å². The van der Waals surface area contributed by atoms with E-state index < -0.39 is 5.60 Å². The first kappa shape index (κ1) is 20.2. The number of hydrogen-bond donors (Lipinski definition) is 2. The highest BCUT2D eigenvalue weighted by Gasteiger charge is 2.35. The quantitative estimate of drug-likeness (QED) is 0.821. The molecule has 1 saturated heterocycles. The van der Waals surface area contributed by atoms with E-state index in [1.165, 1.54) is 6.26 Å². The number of nitrogens with zero attached hydrogens (tertiary/aromatic N) is 1. The lowest BCUT2D eigenvalue weighted by Gasteiger charge is -2.38. The second-order valence-corrected chi connectivity index (χ2v) is 7.94. The molecule has 0 radical (unpaired) electrons. The normalized spacial score (nSPS) is 16.4. The van der Waals surface area contributed by atoms with Gasteiger partial charge in [0.25, 0.3) is 11.8 Å². The van der Waals surface area contributed by atoms with Crippen molar-refractivity contribution < 1.29 is 23.5 Å². The molecule has 2 aromatic heterocycles. The predicted molar refractivity (Wildman–Crippen MR) is 103 cm³/mol. The molecule has 2 amide bonds. The molecule has 2 aromatic rings. The number of piperidine rings is 1. The molecule has 0 aliphatic carbocycles. The number of likely N-dealkylation sites (tertiary alicyclic amines) is 1. The molecule has 0 saturated carbocycles. The molecule has 28 heavy (non-hydrogen) atoms. The molecule has 0 aromatic carbocycles. The zero-order chi connectivity index (χ0) is 20.5. The van der Waals surface area contributed by atoms with Crippen LogP contribution in [0.4, 0.5) is 0 Å². The molecule has 0 spiro atoms. The number of carbonyl (C=O) groups is 2. The van der Waals surface area contributed by atoms with Crippen molar-refractivity contribution >= 4 is 11.8 Å². The number of aryl methyl sites for hydroxylation is 2. The molecule has 152 valence electrons. The van der Waals surface area contributed by atoms with Crippen molar-refractivity contribution in [2.75, 3.05) is 19.6 Å². The maximum atomic E-state index is 12.5. The minimum Gasteiger partial charge on any atom is -0.471 e. The number of carbonyl (C=O) groups excluding carboxylic acids is 2. The third kappa shape index (κ3) is 4.14. The lowest BCUT2D eigenvalue weighted by atomic mass is 9.91. The second-order valence-electron chi connectivity index (χ2n) is 7.94. The summed E-state index contributed by atoms with van der Waals surface area (Å²) < 4.78 is 10.7. The van der Waals surface area contributed by atoms with Crippen LogP contribution in [0.25, 0.3) is 0 Å². The Bertz CT molecular complexity index is 856. The minimum atomic E-state index is -1.03. The summed E-state index contributed by atoms with van der Waals surface area (Å²) in [6.07, 6.45) is 3.80. The smallest absolute Gasteiger partial charge is 0.257 e. The Hall–Kier alpha value is -2.54. The summed E-state index contributed by atoms with van der Waals surface area (Å²) in [5.74, 6) is 1.19. The van der Waals surface area contributed by atoms with E-state index >= 15 is 0 Å². The van der Waals surface area contributed by atoms with Crippen LogP contribution in [-0.2, 0) is 0 Å². The number of hydrogen-bond acceptors (Lipinski definition) is 5. The van der Waals surface area contributed by atoms with Crippen LogP contribution < -0.4 is 5.32 Å². The van der Waals surface area contributed by atoms with Crippen LogP contribution in [0.15, 0.2) is 27.4 Å². The molecule has 0 atom stereocenters. The van der Waals surface area contributed by atoms with E-state index in [4.69, 9.17) is 8.83 Å². The van der Waals surface area contributed by atoms with Crippen LogP contribution in [0.5, 0.6) is 0 Å². The van der Waals surface area contributed by atoms with E-state index in [0.29, 0.717) is 42.8 Å². The minimum absolute atomic E-state index is 0.0902. The van der Waals surface area contributed by atoms with Crippen molar-refractivity contribution in [2.24, 2.45) is 0 Å². The highest BCUT2D eigenvalue weighted by atomic mass is 16.3. The fourth-order valence-corrected chi connectivity index (χ4v) is 3.41. The van der Waals surface area contributed by atoms with Crippen LogP contribution >= 0.6 is 0 Å². The van der Waals surface area contributed by atoms with Gasteiger partial charge in [0, 0.05) is 25.6 Å². The Balaban J connectivity index is 1.55. The third-order valence-corrected chi connectivity index (χ3v) is 5.40. The standard InChI is InChI=1S/C21H28N2O5/c1-13(2)18-9-16(15(4)28-18)19(24)22-12-21(26)5-7-23(8-6-21)20(25)17-11-27-10-14(17)3/h9-11,13,26H,5-8,12H2,1-4H3,(H,22,24). The van der Waals surface area contributed by atoms with Gasteiger partial charge in [-0.25, -0.2) is 0 Å². The fraction of sp³-hybridized carbons (Fsp3) is 0.524. The molecule has 7 heteroatoms. The van der Waals surface area contributed by atoms with Crippen molar-refractivity contribution in [1.29, 1.82) is 0 Å². The summed E-state index contributed by atoms with van der Waals surface area (Å²) >= 11 is 0. The van der Waals surface area contributed by atoms with Gasteiger partial charge in [0.1, 0.15) is 17.8 Å². The van der Waals surface area contributed by atoms with Crippen molar-refractivity contribution in [3.8, 4) is 0 Å². The van der Waals surface area contributed by atoms with Gasteiger partial charge in [0.2, 0.25) is 0 Å². The first-order chi connectivity index (χ1) is 13.2. The summed E-state index contributed by atoms with van der Waals surface area (Å²) in [6, 6.07) is 1.76. The van der Waals surface area contributed by atoms with E-state index in [-0.39, 0.29) is 24.3 Å². The molecule has 1 fully saturated rings. The van der Waals surface area contributed by atoms with Crippen LogP contribution in [0.3, 0.4) is 0 Å². The zero-order valence-electron chi connectivity index (χ0n) is 16.9. The monoisotopic (exact) mass is 388 g/mol. The van der Waals surface area contributed by atoms with Crippen LogP contribution in [-0.4, -0.2) is 47.1 Å². The van der Waals surface area contributed by atoms with Crippen molar-refractivity contribution in [3.05, 3.63) is 46.8 Å². The summed E-state index contributed by atoms with van der Waals surface area (Å²) in [4.78, 5) is 26.7. The Morgan fingerprint density at radius 2 is 1.89 bits per heavy atom.